The van der Waals surface area contributed by atoms with Crippen molar-refractivity contribution in [2.24, 2.45) is 0 Å². The molecule has 0 atom stereocenters. The highest BCUT2D eigenvalue weighted by Crippen LogP contribution is 2.30. The smallest absolute Gasteiger partial charge is 0.0486 e. The Labute approximate surface area is 126 Å². The minimum Gasteiger partial charge on any atom is -0.382 e. The molecule has 0 bridgehead atoms. The number of aromatic nitrogens is 1. The number of ether oxygens (including phenoxy) is 1. The highest BCUT2D eigenvalue weighted by atomic mass is 16.5. The van der Waals surface area contributed by atoms with Gasteiger partial charge in [-0.3, -0.25) is 0 Å². The van der Waals surface area contributed by atoms with Crippen LogP contribution in [-0.2, 0) is 11.3 Å². The second kappa shape index (κ2) is 6.92. The van der Waals surface area contributed by atoms with Crippen molar-refractivity contribution >= 4 is 16.5 Å². The van der Waals surface area contributed by atoms with Crippen LogP contribution in [0.5, 0.6) is 0 Å². The van der Waals surface area contributed by atoms with Gasteiger partial charge in [-0.05, 0) is 37.9 Å². The summed E-state index contributed by atoms with van der Waals surface area (Å²) in [6.45, 7) is 6.77. The minimum absolute atomic E-state index is 0.803. The highest BCUT2D eigenvalue weighted by molar-refractivity contribution is 5.93. The second-order valence-corrected chi connectivity index (χ2v) is 5.49. The summed E-state index contributed by atoms with van der Waals surface area (Å²) >= 11 is 0. The van der Waals surface area contributed by atoms with Crippen molar-refractivity contribution in [3.63, 3.8) is 0 Å². The maximum Gasteiger partial charge on any atom is 0.0486 e. The molecule has 0 saturated heterocycles. The summed E-state index contributed by atoms with van der Waals surface area (Å²) in [5.41, 5.74) is 4.22. The number of hydrogen-bond acceptors (Lipinski definition) is 2. The quantitative estimate of drug-likeness (QED) is 0.822. The molecule has 1 aliphatic rings. The molecule has 2 heterocycles. The number of para-hydroxylation sites is 1. The number of nitrogens with zero attached hydrogens (tertiary/aromatic N) is 1. The van der Waals surface area contributed by atoms with Crippen molar-refractivity contribution in [1.82, 2.24) is 9.88 Å². The lowest BCUT2D eigenvalue weighted by Gasteiger charge is -2.13. The molecule has 3 heteroatoms. The number of fused-ring (bicyclic) bond motifs is 1. The Morgan fingerprint density at radius 3 is 3.00 bits per heavy atom. The van der Waals surface area contributed by atoms with E-state index in [1.165, 1.54) is 22.0 Å². The third kappa shape index (κ3) is 3.20. The van der Waals surface area contributed by atoms with Gasteiger partial charge < -0.3 is 14.6 Å². The lowest BCUT2D eigenvalue weighted by molar-refractivity contribution is 0.142. The van der Waals surface area contributed by atoms with Crippen molar-refractivity contribution in [2.45, 2.75) is 26.3 Å². The van der Waals surface area contributed by atoms with Crippen LogP contribution < -0.4 is 5.32 Å². The average molecular weight is 284 g/mol. The number of aryl methyl sites for hydroxylation is 1. The van der Waals surface area contributed by atoms with Gasteiger partial charge in [0.15, 0.2) is 0 Å². The Morgan fingerprint density at radius 2 is 2.19 bits per heavy atom. The Balaban J connectivity index is 1.88. The van der Waals surface area contributed by atoms with E-state index < -0.39 is 0 Å². The molecule has 1 N–H and O–H groups in total. The summed E-state index contributed by atoms with van der Waals surface area (Å²) in [4.78, 5) is 0. The molecular formula is C18H24N2O. The maximum absolute atomic E-state index is 5.46. The summed E-state index contributed by atoms with van der Waals surface area (Å²) in [6.07, 6.45) is 6.84. The molecule has 21 heavy (non-hydrogen) atoms. The summed E-state index contributed by atoms with van der Waals surface area (Å²) in [5.74, 6) is 0. The fraction of sp³-hybridized carbons (Fsp3) is 0.444. The molecule has 2 aromatic rings. The minimum atomic E-state index is 0.803. The first-order valence-electron chi connectivity index (χ1n) is 7.96. The summed E-state index contributed by atoms with van der Waals surface area (Å²) in [5, 5.41) is 4.76. The summed E-state index contributed by atoms with van der Waals surface area (Å²) < 4.78 is 7.84. The Morgan fingerprint density at radius 1 is 1.29 bits per heavy atom. The predicted octanol–water partition coefficient (Wildman–Crippen LogP) is 3.44. The number of rotatable bonds is 6. The van der Waals surface area contributed by atoms with Gasteiger partial charge in [0.1, 0.15) is 0 Å². The second-order valence-electron chi connectivity index (χ2n) is 5.49. The number of hydrogen-bond donors (Lipinski definition) is 1. The van der Waals surface area contributed by atoms with Crippen LogP contribution in [0.15, 0.2) is 36.5 Å². The number of benzene rings is 1. The molecule has 0 radical (unpaired) electrons. The zero-order chi connectivity index (χ0) is 14.5. The molecule has 0 unspecified atom stereocenters. The maximum atomic E-state index is 5.46. The molecule has 0 amide bonds. The van der Waals surface area contributed by atoms with Crippen molar-refractivity contribution in [2.75, 3.05) is 26.3 Å². The van der Waals surface area contributed by atoms with Crippen LogP contribution in [-0.4, -0.2) is 30.9 Å². The van der Waals surface area contributed by atoms with Crippen LogP contribution in [0, 0.1) is 0 Å². The summed E-state index contributed by atoms with van der Waals surface area (Å²) in [6, 6.07) is 8.73. The van der Waals surface area contributed by atoms with Crippen LogP contribution in [0.25, 0.3) is 16.5 Å². The van der Waals surface area contributed by atoms with Crippen LogP contribution in [0.1, 0.15) is 25.3 Å². The molecule has 1 aliphatic heterocycles. The van der Waals surface area contributed by atoms with E-state index >= 15 is 0 Å². The lowest BCUT2D eigenvalue weighted by Crippen LogP contribution is -2.19. The molecule has 0 fully saturated rings. The molecule has 0 spiro atoms. The van der Waals surface area contributed by atoms with Crippen LogP contribution in [0.3, 0.4) is 0 Å². The van der Waals surface area contributed by atoms with Gasteiger partial charge in [0.2, 0.25) is 0 Å². The monoisotopic (exact) mass is 284 g/mol. The molecule has 0 aliphatic carbocycles. The van der Waals surface area contributed by atoms with Gasteiger partial charge in [0.25, 0.3) is 0 Å². The van der Waals surface area contributed by atoms with Gasteiger partial charge in [-0.1, -0.05) is 24.3 Å². The van der Waals surface area contributed by atoms with Crippen LogP contribution in [0.4, 0.5) is 0 Å². The molecule has 1 aromatic heterocycles. The normalized spacial score (nSPS) is 15.4. The van der Waals surface area contributed by atoms with Gasteiger partial charge >= 0.3 is 0 Å². The average Bonchev–Trinajstić information content (AvgIpc) is 2.92. The zero-order valence-corrected chi connectivity index (χ0v) is 12.8. The predicted molar refractivity (Wildman–Crippen MR) is 88.5 cm³/mol. The third-order valence-corrected chi connectivity index (χ3v) is 4.09. The Hall–Kier alpha value is -1.58. The standard InChI is InChI=1S/C18H24N2O/c1-2-21-13-5-12-20-14-17(15-8-10-19-11-9-15)16-6-3-4-7-18(16)20/h3-4,6-8,14,19H,2,5,9-13H2,1H3. The first kappa shape index (κ1) is 14.4. The van der Waals surface area contributed by atoms with E-state index in [0.717, 1.165) is 45.7 Å². The molecule has 112 valence electrons. The zero-order valence-electron chi connectivity index (χ0n) is 12.8. The molecule has 0 saturated carbocycles. The van der Waals surface area contributed by atoms with E-state index in [-0.39, 0.29) is 0 Å². The lowest BCUT2D eigenvalue weighted by atomic mass is 10.00. The van der Waals surface area contributed by atoms with Crippen molar-refractivity contribution in [1.29, 1.82) is 0 Å². The largest absolute Gasteiger partial charge is 0.382 e. The van der Waals surface area contributed by atoms with E-state index in [4.69, 9.17) is 4.74 Å². The molecule has 1 aromatic carbocycles. The van der Waals surface area contributed by atoms with E-state index in [2.05, 4.69) is 46.4 Å². The fourth-order valence-corrected chi connectivity index (χ4v) is 3.04. The SMILES string of the molecule is CCOCCCn1cc(C2=CCNCC2)c2ccccc21. The topological polar surface area (TPSA) is 26.2 Å². The Bertz CT molecular complexity index is 627. The van der Waals surface area contributed by atoms with E-state index in [1.807, 2.05) is 6.92 Å². The van der Waals surface area contributed by atoms with E-state index in [9.17, 15) is 0 Å². The molecule has 3 nitrogen and oxygen atoms in total. The van der Waals surface area contributed by atoms with Crippen molar-refractivity contribution < 1.29 is 4.74 Å². The number of nitrogens with one attached hydrogen (secondary N) is 1. The molecule has 3 rings (SSSR count). The van der Waals surface area contributed by atoms with E-state index in [0.29, 0.717) is 0 Å². The van der Waals surface area contributed by atoms with Gasteiger partial charge in [0.05, 0.1) is 0 Å². The van der Waals surface area contributed by atoms with Crippen molar-refractivity contribution in [3.05, 3.63) is 42.1 Å². The fourth-order valence-electron chi connectivity index (χ4n) is 3.04. The Kier molecular flexibility index (Phi) is 4.73. The van der Waals surface area contributed by atoms with Gasteiger partial charge in [-0.2, -0.15) is 0 Å². The third-order valence-electron chi connectivity index (χ3n) is 4.09. The van der Waals surface area contributed by atoms with Crippen LogP contribution in [0.2, 0.25) is 0 Å². The first-order chi connectivity index (χ1) is 10.4. The van der Waals surface area contributed by atoms with Gasteiger partial charge in [0, 0.05) is 49.0 Å². The van der Waals surface area contributed by atoms with Gasteiger partial charge in [-0.25, -0.2) is 0 Å². The molecular weight excluding hydrogens is 260 g/mol. The highest BCUT2D eigenvalue weighted by Gasteiger charge is 2.13. The van der Waals surface area contributed by atoms with Gasteiger partial charge in [-0.15, -0.1) is 0 Å². The van der Waals surface area contributed by atoms with Crippen LogP contribution >= 0.6 is 0 Å². The van der Waals surface area contributed by atoms with E-state index in [1.54, 1.807) is 0 Å². The van der Waals surface area contributed by atoms with Crippen molar-refractivity contribution in [3.8, 4) is 0 Å². The summed E-state index contributed by atoms with van der Waals surface area (Å²) in [7, 11) is 0. The first-order valence-corrected chi connectivity index (χ1v) is 7.96.